The summed E-state index contributed by atoms with van der Waals surface area (Å²) in [4.78, 5) is 28.7. The van der Waals surface area contributed by atoms with E-state index in [9.17, 15) is 18.0 Å². The molecule has 0 aromatic heterocycles. The molecule has 11 heteroatoms. The van der Waals surface area contributed by atoms with E-state index in [1.807, 2.05) is 54.6 Å². The fourth-order valence-electron chi connectivity index (χ4n) is 4.41. The van der Waals surface area contributed by atoms with E-state index in [1.165, 1.54) is 18.9 Å². The Morgan fingerprint density at radius 1 is 0.950 bits per heavy atom. The molecule has 0 radical (unpaired) electrons. The summed E-state index contributed by atoms with van der Waals surface area (Å²) in [7, 11) is -2.36. The van der Waals surface area contributed by atoms with Crippen LogP contribution in [0.4, 0.5) is 5.69 Å². The molecule has 3 aromatic carbocycles. The molecule has 0 spiro atoms. The number of carbonyl (C=O) groups excluding carboxylic acids is 2. The van der Waals surface area contributed by atoms with Gasteiger partial charge in [-0.15, -0.1) is 0 Å². The van der Waals surface area contributed by atoms with Crippen LogP contribution in [0.5, 0.6) is 11.5 Å². The maximum absolute atomic E-state index is 14.1. The molecule has 1 heterocycles. The number of nitrogens with zero attached hydrogens (tertiary/aromatic N) is 2. The second-order valence-corrected chi connectivity index (χ2v) is 12.3. The number of halogens is 1. The summed E-state index contributed by atoms with van der Waals surface area (Å²) in [5.74, 6) is -0.163. The normalized spacial score (nSPS) is 13.3. The van der Waals surface area contributed by atoms with Gasteiger partial charge in [0.15, 0.2) is 11.5 Å². The molecule has 0 saturated heterocycles. The highest BCUT2D eigenvalue weighted by molar-refractivity contribution is 9.10. The number of hydrogen-bond acceptors (Lipinski definition) is 6. The van der Waals surface area contributed by atoms with Crippen LogP contribution in [-0.2, 0) is 32.6 Å². The van der Waals surface area contributed by atoms with E-state index in [1.54, 1.807) is 18.2 Å². The molecule has 0 bridgehead atoms. The second-order valence-electron chi connectivity index (χ2n) is 9.20. The molecule has 0 fully saturated rings. The average molecular weight is 631 g/mol. The molecule has 1 atom stereocenters. The highest BCUT2D eigenvalue weighted by Crippen LogP contribution is 2.35. The smallest absolute Gasteiger partial charge is 0.244 e. The Bertz CT molecular complexity index is 1430. The average Bonchev–Trinajstić information content (AvgIpc) is 2.98. The van der Waals surface area contributed by atoms with Gasteiger partial charge in [-0.3, -0.25) is 13.9 Å². The van der Waals surface area contributed by atoms with Gasteiger partial charge in [0.1, 0.15) is 25.8 Å². The summed E-state index contributed by atoms with van der Waals surface area (Å²) < 4.78 is 39.7. The summed E-state index contributed by atoms with van der Waals surface area (Å²) >= 11 is 3.43. The number of benzene rings is 3. The van der Waals surface area contributed by atoms with Gasteiger partial charge < -0.3 is 19.7 Å². The number of fused-ring (bicyclic) bond motifs is 1. The lowest BCUT2D eigenvalue weighted by Crippen LogP contribution is -2.53. The summed E-state index contributed by atoms with van der Waals surface area (Å²) in [6.45, 7) is 1.87. The minimum atomic E-state index is -3.87. The predicted octanol–water partition coefficient (Wildman–Crippen LogP) is 3.76. The second kappa shape index (κ2) is 13.2. The number of anilines is 1. The van der Waals surface area contributed by atoms with Crippen LogP contribution >= 0.6 is 15.9 Å². The first-order valence-corrected chi connectivity index (χ1v) is 15.3. The summed E-state index contributed by atoms with van der Waals surface area (Å²) in [5, 5.41) is 2.67. The van der Waals surface area contributed by atoms with Crippen LogP contribution in [0.1, 0.15) is 18.1 Å². The first kappa shape index (κ1) is 29.4. The van der Waals surface area contributed by atoms with E-state index in [-0.39, 0.29) is 30.3 Å². The first-order valence-electron chi connectivity index (χ1n) is 12.9. The van der Waals surface area contributed by atoms with Crippen LogP contribution in [0.3, 0.4) is 0 Å². The first-order chi connectivity index (χ1) is 19.2. The van der Waals surface area contributed by atoms with Crippen molar-refractivity contribution in [3.8, 4) is 11.5 Å². The van der Waals surface area contributed by atoms with Crippen molar-refractivity contribution in [2.45, 2.75) is 25.9 Å². The van der Waals surface area contributed by atoms with E-state index in [0.29, 0.717) is 24.7 Å². The Labute approximate surface area is 243 Å². The number of hydrogen-bond donors (Lipinski definition) is 1. The fourth-order valence-corrected chi connectivity index (χ4v) is 5.73. The number of likely N-dealkylation sites (N-methyl/N-ethyl adjacent to an activating group) is 1. The van der Waals surface area contributed by atoms with E-state index >= 15 is 0 Å². The van der Waals surface area contributed by atoms with E-state index < -0.39 is 28.5 Å². The van der Waals surface area contributed by atoms with Crippen molar-refractivity contribution < 1.29 is 27.5 Å². The third-order valence-electron chi connectivity index (χ3n) is 6.58. The number of rotatable bonds is 11. The Kier molecular flexibility index (Phi) is 9.70. The summed E-state index contributed by atoms with van der Waals surface area (Å²) in [5.41, 5.74) is 1.94. The zero-order valence-electron chi connectivity index (χ0n) is 22.4. The molecule has 212 valence electrons. The molecule has 0 aliphatic carbocycles. The van der Waals surface area contributed by atoms with Gasteiger partial charge in [0.2, 0.25) is 21.8 Å². The van der Waals surface area contributed by atoms with Gasteiger partial charge in [0.05, 0.1) is 11.4 Å². The lowest BCUT2D eigenvalue weighted by Gasteiger charge is -2.33. The van der Waals surface area contributed by atoms with E-state index in [4.69, 9.17) is 9.47 Å². The topological polar surface area (TPSA) is 105 Å². The highest BCUT2D eigenvalue weighted by atomic mass is 79.9. The van der Waals surface area contributed by atoms with Crippen molar-refractivity contribution in [3.63, 3.8) is 0 Å². The standard InChI is InChI=1S/C29H32BrN3O6S/c1-3-40(36,37)33(24-13-14-26-27(18-24)39-16-15-38-26)20-28(34)32(19-22-9-11-23(30)12-10-22)25(29(35)31-2)17-21-7-5-4-6-8-21/h4-14,18,25H,3,15-17,19-20H2,1-2H3,(H,31,35)/t25-/m1/s1. The quantitative estimate of drug-likeness (QED) is 0.346. The SMILES string of the molecule is CCS(=O)(=O)N(CC(=O)N(Cc1ccc(Br)cc1)[C@H](Cc1ccccc1)C(=O)NC)c1ccc2c(c1)OCCO2. The number of sulfonamides is 1. The molecule has 9 nitrogen and oxygen atoms in total. The van der Waals surface area contributed by atoms with Crippen LogP contribution < -0.4 is 19.1 Å². The Morgan fingerprint density at radius 3 is 2.27 bits per heavy atom. The number of carbonyl (C=O) groups is 2. The fraction of sp³-hybridized carbons (Fsp3) is 0.310. The molecule has 2 amide bonds. The maximum Gasteiger partial charge on any atom is 0.244 e. The molecular formula is C29H32BrN3O6S. The molecule has 0 saturated carbocycles. The monoisotopic (exact) mass is 629 g/mol. The third-order valence-corrected chi connectivity index (χ3v) is 8.85. The Balaban J connectivity index is 1.72. The number of amides is 2. The van der Waals surface area contributed by atoms with E-state index in [0.717, 1.165) is 19.9 Å². The number of nitrogens with one attached hydrogen (secondary N) is 1. The zero-order chi connectivity index (χ0) is 28.7. The van der Waals surface area contributed by atoms with Crippen molar-refractivity contribution in [1.82, 2.24) is 10.2 Å². The maximum atomic E-state index is 14.1. The lowest BCUT2D eigenvalue weighted by atomic mass is 10.0. The summed E-state index contributed by atoms with van der Waals surface area (Å²) in [6, 6.07) is 20.7. The number of ether oxygens (including phenoxy) is 2. The van der Waals surface area contributed by atoms with Crippen molar-refractivity contribution in [2.24, 2.45) is 0 Å². The third kappa shape index (κ3) is 7.14. The molecule has 1 N–H and O–H groups in total. The predicted molar refractivity (Wildman–Crippen MR) is 157 cm³/mol. The molecule has 0 unspecified atom stereocenters. The lowest BCUT2D eigenvalue weighted by molar-refractivity contribution is -0.139. The van der Waals surface area contributed by atoms with Crippen molar-refractivity contribution in [1.29, 1.82) is 0 Å². The van der Waals surface area contributed by atoms with Crippen LogP contribution in [-0.4, -0.2) is 63.7 Å². The van der Waals surface area contributed by atoms with Crippen LogP contribution in [0, 0.1) is 0 Å². The van der Waals surface area contributed by atoms with Crippen LogP contribution in [0.15, 0.2) is 77.3 Å². The minimum absolute atomic E-state index is 0.109. The summed E-state index contributed by atoms with van der Waals surface area (Å²) in [6.07, 6.45) is 0.257. The molecule has 4 rings (SSSR count). The van der Waals surface area contributed by atoms with Gasteiger partial charge in [-0.1, -0.05) is 58.4 Å². The molecular weight excluding hydrogens is 598 g/mol. The van der Waals surface area contributed by atoms with Gasteiger partial charge in [-0.05, 0) is 42.3 Å². The van der Waals surface area contributed by atoms with Gasteiger partial charge in [0, 0.05) is 30.6 Å². The Hall–Kier alpha value is -3.57. The van der Waals surface area contributed by atoms with Crippen molar-refractivity contribution >= 4 is 43.5 Å². The largest absolute Gasteiger partial charge is 0.486 e. The van der Waals surface area contributed by atoms with Gasteiger partial charge in [0.25, 0.3) is 0 Å². The van der Waals surface area contributed by atoms with Gasteiger partial charge >= 0.3 is 0 Å². The van der Waals surface area contributed by atoms with Gasteiger partial charge in [-0.2, -0.15) is 0 Å². The molecule has 1 aliphatic heterocycles. The van der Waals surface area contributed by atoms with Gasteiger partial charge in [-0.25, -0.2) is 8.42 Å². The highest BCUT2D eigenvalue weighted by Gasteiger charge is 2.33. The minimum Gasteiger partial charge on any atom is -0.486 e. The van der Waals surface area contributed by atoms with E-state index in [2.05, 4.69) is 21.2 Å². The van der Waals surface area contributed by atoms with Crippen molar-refractivity contribution in [2.75, 3.05) is 36.9 Å². The Morgan fingerprint density at radius 2 is 1.62 bits per heavy atom. The van der Waals surface area contributed by atoms with Crippen LogP contribution in [0.25, 0.3) is 0 Å². The van der Waals surface area contributed by atoms with Crippen molar-refractivity contribution in [3.05, 3.63) is 88.4 Å². The molecule has 3 aromatic rings. The molecule has 40 heavy (non-hydrogen) atoms. The molecule has 1 aliphatic rings. The zero-order valence-corrected chi connectivity index (χ0v) is 24.8. The van der Waals surface area contributed by atoms with Crippen LogP contribution in [0.2, 0.25) is 0 Å².